The Kier molecular flexibility index (Phi) is 18.8. The molecule has 0 aromatic rings. The quantitative estimate of drug-likeness (QED) is 0.203. The van der Waals surface area contributed by atoms with Gasteiger partial charge in [0.1, 0.15) is 0 Å². The van der Waals surface area contributed by atoms with Gasteiger partial charge in [0.05, 0.1) is 0 Å². The van der Waals surface area contributed by atoms with Gasteiger partial charge in [0.2, 0.25) is 0 Å². The molecule has 2 atom stereocenters. The molecule has 0 radical (unpaired) electrons. The fraction of sp³-hybridized carbons (Fsp3) is 1.00. The van der Waals surface area contributed by atoms with E-state index < -0.39 is 0 Å². The summed E-state index contributed by atoms with van der Waals surface area (Å²) in [5.41, 5.74) is 0. The molecule has 0 aliphatic heterocycles. The van der Waals surface area contributed by atoms with Crippen molar-refractivity contribution in [1.29, 1.82) is 0 Å². The molecule has 2 unspecified atom stereocenters. The number of hydrogen-bond donors (Lipinski definition) is 0. The van der Waals surface area contributed by atoms with Gasteiger partial charge in [0.25, 0.3) is 0 Å². The zero-order valence-corrected chi connectivity index (χ0v) is 18.8. The molecule has 0 heteroatoms. The van der Waals surface area contributed by atoms with Crippen LogP contribution in [0.3, 0.4) is 0 Å². The molecule has 0 saturated carbocycles. The van der Waals surface area contributed by atoms with Gasteiger partial charge >= 0.3 is 0 Å². The molecule has 0 bridgehead atoms. The highest BCUT2D eigenvalue weighted by molar-refractivity contribution is 4.68. The van der Waals surface area contributed by atoms with Crippen molar-refractivity contribution in [1.82, 2.24) is 0 Å². The second-order valence-corrected chi connectivity index (χ2v) is 9.03. The fourth-order valence-electron chi connectivity index (χ4n) is 4.58. The van der Waals surface area contributed by atoms with Crippen LogP contribution in [0, 0.1) is 17.8 Å². The van der Waals surface area contributed by atoms with E-state index in [0.29, 0.717) is 0 Å². The molecule has 25 heavy (non-hydrogen) atoms. The van der Waals surface area contributed by atoms with Crippen molar-refractivity contribution in [2.75, 3.05) is 0 Å². The van der Waals surface area contributed by atoms with Gasteiger partial charge in [-0.15, -0.1) is 0 Å². The molecule has 0 aromatic carbocycles. The zero-order valence-electron chi connectivity index (χ0n) is 18.8. The molecule has 0 aliphatic carbocycles. The van der Waals surface area contributed by atoms with Crippen LogP contribution in [0.25, 0.3) is 0 Å². The maximum atomic E-state index is 2.48. The Balaban J connectivity index is 3.24. The second kappa shape index (κ2) is 18.8. The van der Waals surface area contributed by atoms with E-state index in [1.165, 1.54) is 109 Å². The van der Waals surface area contributed by atoms with Crippen LogP contribution in [0.4, 0.5) is 0 Å². The third-order valence-electron chi connectivity index (χ3n) is 6.32. The Morgan fingerprint density at radius 2 is 0.840 bits per heavy atom. The lowest BCUT2D eigenvalue weighted by atomic mass is 9.80. The van der Waals surface area contributed by atoms with Crippen molar-refractivity contribution in [2.45, 2.75) is 144 Å². The highest BCUT2D eigenvalue weighted by atomic mass is 14.2. The largest absolute Gasteiger partial charge is 0.0654 e. The van der Waals surface area contributed by atoms with Crippen molar-refractivity contribution in [2.24, 2.45) is 17.8 Å². The van der Waals surface area contributed by atoms with Gasteiger partial charge in [0, 0.05) is 0 Å². The monoisotopic (exact) mass is 352 g/mol. The number of unbranched alkanes of at least 4 members (excludes halogenated alkanes) is 14. The van der Waals surface area contributed by atoms with Crippen LogP contribution >= 0.6 is 0 Å². The van der Waals surface area contributed by atoms with Gasteiger partial charge in [-0.2, -0.15) is 0 Å². The predicted octanol–water partition coefficient (Wildman–Crippen LogP) is 9.57. The maximum Gasteiger partial charge on any atom is -0.0368 e. The van der Waals surface area contributed by atoms with E-state index in [2.05, 4.69) is 34.6 Å². The average molecular weight is 353 g/mol. The summed E-state index contributed by atoms with van der Waals surface area (Å²) in [6, 6.07) is 0. The van der Waals surface area contributed by atoms with Gasteiger partial charge < -0.3 is 0 Å². The molecule has 0 amide bonds. The minimum absolute atomic E-state index is 0.858. The topological polar surface area (TPSA) is 0 Å². The minimum Gasteiger partial charge on any atom is -0.0654 e. The van der Waals surface area contributed by atoms with Gasteiger partial charge in [-0.1, -0.05) is 144 Å². The van der Waals surface area contributed by atoms with E-state index in [0.717, 1.165) is 17.8 Å². The number of rotatable bonds is 19. The van der Waals surface area contributed by atoms with Gasteiger partial charge in [-0.05, 0) is 17.8 Å². The molecule has 0 spiro atoms. The Labute approximate surface area is 161 Å². The number of hydrogen-bond acceptors (Lipinski definition) is 0. The van der Waals surface area contributed by atoms with E-state index in [9.17, 15) is 0 Å². The lowest BCUT2D eigenvalue weighted by molar-refractivity contribution is 0.244. The first-order chi connectivity index (χ1) is 12.1. The average Bonchev–Trinajstić information content (AvgIpc) is 2.58. The first-order valence-corrected chi connectivity index (χ1v) is 12.1. The third kappa shape index (κ3) is 15.9. The summed E-state index contributed by atoms with van der Waals surface area (Å²) in [6.45, 7) is 12.0. The van der Waals surface area contributed by atoms with Crippen LogP contribution in [-0.2, 0) is 0 Å². The highest BCUT2D eigenvalue weighted by Gasteiger charge is 2.18. The van der Waals surface area contributed by atoms with E-state index in [1.54, 1.807) is 0 Å². The molecule has 152 valence electrons. The molecule has 0 N–H and O–H groups in total. The van der Waals surface area contributed by atoms with Gasteiger partial charge in [-0.3, -0.25) is 0 Å². The molecule has 0 nitrogen and oxygen atoms in total. The second-order valence-electron chi connectivity index (χ2n) is 9.03. The highest BCUT2D eigenvalue weighted by Crippen LogP contribution is 2.28. The van der Waals surface area contributed by atoms with Gasteiger partial charge in [0.15, 0.2) is 0 Å². The summed E-state index contributed by atoms with van der Waals surface area (Å²) in [5, 5.41) is 0. The summed E-state index contributed by atoms with van der Waals surface area (Å²) in [7, 11) is 0. The first kappa shape index (κ1) is 25.0. The minimum atomic E-state index is 0.858. The van der Waals surface area contributed by atoms with Crippen molar-refractivity contribution < 1.29 is 0 Å². The van der Waals surface area contributed by atoms with Crippen LogP contribution in [0.5, 0.6) is 0 Å². The summed E-state index contributed by atoms with van der Waals surface area (Å²) in [6.07, 6.45) is 24.8. The molecular formula is C25H52. The van der Waals surface area contributed by atoms with Crippen molar-refractivity contribution >= 4 is 0 Å². The molecule has 0 heterocycles. The lowest BCUT2D eigenvalue weighted by Gasteiger charge is -2.26. The molecule has 0 fully saturated rings. The standard InChI is InChI=1S/C25H52/c1-6-8-9-10-11-12-13-14-15-16-17-18-19-20-21-22-24(5)25(7-2)23(3)4/h23-25H,6-22H2,1-5H3. The molecule has 0 aromatic heterocycles. The Bertz CT molecular complexity index is 242. The fourth-order valence-corrected chi connectivity index (χ4v) is 4.58. The van der Waals surface area contributed by atoms with Gasteiger partial charge in [-0.25, -0.2) is 0 Å². The molecule has 0 rings (SSSR count). The summed E-state index contributed by atoms with van der Waals surface area (Å²) in [5.74, 6) is 2.72. The summed E-state index contributed by atoms with van der Waals surface area (Å²) in [4.78, 5) is 0. The van der Waals surface area contributed by atoms with Crippen molar-refractivity contribution in [3.05, 3.63) is 0 Å². The maximum absolute atomic E-state index is 2.48. The van der Waals surface area contributed by atoms with Crippen LogP contribution in [0.15, 0.2) is 0 Å². The molecule has 0 saturated heterocycles. The van der Waals surface area contributed by atoms with E-state index in [4.69, 9.17) is 0 Å². The van der Waals surface area contributed by atoms with Crippen LogP contribution in [0.2, 0.25) is 0 Å². The van der Waals surface area contributed by atoms with E-state index in [-0.39, 0.29) is 0 Å². The Hall–Kier alpha value is 0. The Morgan fingerprint density at radius 1 is 0.480 bits per heavy atom. The third-order valence-corrected chi connectivity index (χ3v) is 6.32. The van der Waals surface area contributed by atoms with E-state index in [1.807, 2.05) is 0 Å². The van der Waals surface area contributed by atoms with Crippen LogP contribution in [0.1, 0.15) is 144 Å². The van der Waals surface area contributed by atoms with Crippen molar-refractivity contribution in [3.8, 4) is 0 Å². The van der Waals surface area contributed by atoms with Crippen LogP contribution < -0.4 is 0 Å². The zero-order chi connectivity index (χ0) is 18.8. The lowest BCUT2D eigenvalue weighted by Crippen LogP contribution is -2.16. The Morgan fingerprint density at radius 3 is 1.16 bits per heavy atom. The van der Waals surface area contributed by atoms with Crippen molar-refractivity contribution in [3.63, 3.8) is 0 Å². The van der Waals surface area contributed by atoms with Crippen LogP contribution in [-0.4, -0.2) is 0 Å². The molecule has 0 aliphatic rings. The first-order valence-electron chi connectivity index (χ1n) is 12.1. The molecular weight excluding hydrogens is 300 g/mol. The smallest absolute Gasteiger partial charge is 0.0368 e. The predicted molar refractivity (Wildman–Crippen MR) is 117 cm³/mol. The summed E-state index contributed by atoms with van der Waals surface area (Å²) < 4.78 is 0. The summed E-state index contributed by atoms with van der Waals surface area (Å²) >= 11 is 0. The van der Waals surface area contributed by atoms with E-state index >= 15 is 0 Å². The normalized spacial score (nSPS) is 14.2. The SMILES string of the molecule is CCCCCCCCCCCCCCCCCC(C)C(CC)C(C)C.